The van der Waals surface area contributed by atoms with Gasteiger partial charge in [0.15, 0.2) is 0 Å². The first-order valence-electron chi connectivity index (χ1n) is 2.25. The van der Waals surface area contributed by atoms with Crippen LogP contribution in [-0.4, -0.2) is 12.5 Å². The molecule has 42 valence electrons. The summed E-state index contributed by atoms with van der Waals surface area (Å²) in [6.45, 7) is 2.43. The van der Waals surface area contributed by atoms with Crippen molar-refractivity contribution in [2.75, 3.05) is 6.67 Å². The van der Waals surface area contributed by atoms with Crippen molar-refractivity contribution in [3.8, 4) is 0 Å². The van der Waals surface area contributed by atoms with Crippen LogP contribution < -0.4 is 0 Å². The van der Waals surface area contributed by atoms with Gasteiger partial charge in [0.05, 0.1) is 6.67 Å². The van der Waals surface area contributed by atoms with Crippen LogP contribution in [0.15, 0.2) is 0 Å². The highest BCUT2D eigenvalue weighted by molar-refractivity contribution is 5.77. The normalized spacial score (nSPS) is 13.6. The SMILES string of the molecule is CC(=O)[C@H](C)CF. The second kappa shape index (κ2) is 2.72. The molecule has 0 fully saturated rings. The molecule has 1 nitrogen and oxygen atoms in total. The lowest BCUT2D eigenvalue weighted by Crippen LogP contribution is -2.07. The minimum Gasteiger partial charge on any atom is -0.300 e. The van der Waals surface area contributed by atoms with Gasteiger partial charge in [0.1, 0.15) is 5.78 Å². The highest BCUT2D eigenvalue weighted by Gasteiger charge is 2.03. The smallest absolute Gasteiger partial charge is 0.135 e. The molecule has 0 aromatic rings. The Kier molecular flexibility index (Phi) is 2.56. The van der Waals surface area contributed by atoms with E-state index in [9.17, 15) is 9.18 Å². The Bertz CT molecular complexity index is 70.5. The van der Waals surface area contributed by atoms with Crippen LogP contribution in [0.1, 0.15) is 13.8 Å². The largest absolute Gasteiger partial charge is 0.300 e. The van der Waals surface area contributed by atoms with E-state index in [4.69, 9.17) is 0 Å². The summed E-state index contributed by atoms with van der Waals surface area (Å²) < 4.78 is 11.4. The first kappa shape index (κ1) is 6.60. The van der Waals surface area contributed by atoms with Crippen LogP contribution in [0.4, 0.5) is 4.39 Å². The van der Waals surface area contributed by atoms with Gasteiger partial charge in [-0.15, -0.1) is 0 Å². The summed E-state index contributed by atoms with van der Waals surface area (Å²) in [5.41, 5.74) is 0. The molecule has 7 heavy (non-hydrogen) atoms. The van der Waals surface area contributed by atoms with Gasteiger partial charge in [-0.3, -0.25) is 9.18 Å². The monoisotopic (exact) mass is 104 g/mol. The summed E-state index contributed by atoms with van der Waals surface area (Å²) in [6, 6.07) is 0. The van der Waals surface area contributed by atoms with Gasteiger partial charge in [0.2, 0.25) is 0 Å². The van der Waals surface area contributed by atoms with E-state index in [0.717, 1.165) is 0 Å². The van der Waals surface area contributed by atoms with Crippen molar-refractivity contribution in [2.24, 2.45) is 5.92 Å². The standard InChI is InChI=1S/C5H9FO/c1-4(3-6)5(2)7/h4H,3H2,1-2H3/t4-/m1/s1. The van der Waals surface area contributed by atoms with E-state index < -0.39 is 12.6 Å². The third-order valence-electron chi connectivity index (χ3n) is 0.925. The number of hydrogen-bond acceptors (Lipinski definition) is 1. The first-order chi connectivity index (χ1) is 3.18. The fourth-order valence-electron chi connectivity index (χ4n) is 0.109. The Morgan fingerprint density at radius 1 is 1.86 bits per heavy atom. The van der Waals surface area contributed by atoms with E-state index in [1.807, 2.05) is 0 Å². The molecule has 0 heterocycles. The summed E-state index contributed by atoms with van der Waals surface area (Å²) in [7, 11) is 0. The summed E-state index contributed by atoms with van der Waals surface area (Å²) in [4.78, 5) is 10.1. The Labute approximate surface area is 42.5 Å². The summed E-state index contributed by atoms with van der Waals surface area (Å²) in [5.74, 6) is -0.484. The van der Waals surface area contributed by atoms with Crippen LogP contribution in [0.25, 0.3) is 0 Å². The van der Waals surface area contributed by atoms with Crippen LogP contribution in [-0.2, 0) is 4.79 Å². The van der Waals surface area contributed by atoms with Gasteiger partial charge in [-0.1, -0.05) is 6.92 Å². The molecule has 0 saturated heterocycles. The molecule has 2 heteroatoms. The number of carbonyl (C=O) groups is 1. The molecule has 0 saturated carbocycles. The van der Waals surface area contributed by atoms with E-state index >= 15 is 0 Å². The van der Waals surface area contributed by atoms with Crippen molar-refractivity contribution in [1.82, 2.24) is 0 Å². The molecule has 0 aliphatic heterocycles. The molecule has 0 bridgehead atoms. The molecule has 0 unspecified atom stereocenters. The minimum atomic E-state index is -0.532. The van der Waals surface area contributed by atoms with Gasteiger partial charge < -0.3 is 0 Å². The Morgan fingerprint density at radius 3 is 2.29 bits per heavy atom. The number of Topliss-reactive ketones (excluding diaryl/α,β-unsaturated/α-hetero) is 1. The minimum absolute atomic E-state index is 0.0810. The van der Waals surface area contributed by atoms with Crippen molar-refractivity contribution in [2.45, 2.75) is 13.8 Å². The van der Waals surface area contributed by atoms with Gasteiger partial charge in [0.25, 0.3) is 0 Å². The van der Waals surface area contributed by atoms with Crippen molar-refractivity contribution < 1.29 is 9.18 Å². The van der Waals surface area contributed by atoms with Gasteiger partial charge in [-0.2, -0.15) is 0 Å². The fourth-order valence-corrected chi connectivity index (χ4v) is 0.109. The number of hydrogen-bond donors (Lipinski definition) is 0. The molecular formula is C5H9FO. The van der Waals surface area contributed by atoms with Gasteiger partial charge >= 0.3 is 0 Å². The van der Waals surface area contributed by atoms with Gasteiger partial charge in [-0.25, -0.2) is 0 Å². The van der Waals surface area contributed by atoms with E-state index in [2.05, 4.69) is 0 Å². The molecule has 0 amide bonds. The van der Waals surface area contributed by atoms with Crippen molar-refractivity contribution in [3.05, 3.63) is 0 Å². The molecule has 0 aliphatic carbocycles. The van der Waals surface area contributed by atoms with Crippen LogP contribution >= 0.6 is 0 Å². The van der Waals surface area contributed by atoms with Gasteiger partial charge in [-0.05, 0) is 6.92 Å². The summed E-state index contributed by atoms with van der Waals surface area (Å²) >= 11 is 0. The zero-order chi connectivity index (χ0) is 5.86. The molecule has 0 aliphatic rings. The molecule has 0 aromatic heterocycles. The number of ketones is 1. The Hall–Kier alpha value is -0.400. The van der Waals surface area contributed by atoms with E-state index in [0.29, 0.717) is 0 Å². The lowest BCUT2D eigenvalue weighted by Gasteiger charge is -1.95. The quantitative estimate of drug-likeness (QED) is 0.514. The number of alkyl halides is 1. The van der Waals surface area contributed by atoms with Gasteiger partial charge in [0, 0.05) is 5.92 Å². The fraction of sp³-hybridized carbons (Fsp3) is 0.800. The zero-order valence-corrected chi connectivity index (χ0v) is 4.57. The van der Waals surface area contributed by atoms with Crippen molar-refractivity contribution in [1.29, 1.82) is 0 Å². The van der Waals surface area contributed by atoms with Crippen molar-refractivity contribution >= 4 is 5.78 Å². The lowest BCUT2D eigenvalue weighted by molar-refractivity contribution is -0.120. The molecule has 1 atom stereocenters. The van der Waals surface area contributed by atoms with Crippen LogP contribution in [0, 0.1) is 5.92 Å². The topological polar surface area (TPSA) is 17.1 Å². The lowest BCUT2D eigenvalue weighted by atomic mass is 10.1. The number of rotatable bonds is 2. The molecule has 0 aromatic carbocycles. The second-order valence-electron chi connectivity index (χ2n) is 1.67. The molecule has 0 radical (unpaired) electrons. The summed E-state index contributed by atoms with van der Waals surface area (Å²) in [6.07, 6.45) is 0. The van der Waals surface area contributed by atoms with E-state index in [1.165, 1.54) is 6.92 Å². The summed E-state index contributed by atoms with van der Waals surface area (Å²) in [5, 5.41) is 0. The molecular weight excluding hydrogens is 95.1 g/mol. The van der Waals surface area contributed by atoms with Crippen LogP contribution in [0.2, 0.25) is 0 Å². The number of halogens is 1. The zero-order valence-electron chi connectivity index (χ0n) is 4.57. The maximum absolute atomic E-state index is 11.4. The second-order valence-corrected chi connectivity index (χ2v) is 1.67. The maximum Gasteiger partial charge on any atom is 0.135 e. The predicted molar refractivity (Wildman–Crippen MR) is 25.8 cm³/mol. The van der Waals surface area contributed by atoms with Crippen LogP contribution in [0.5, 0.6) is 0 Å². The highest BCUT2D eigenvalue weighted by atomic mass is 19.1. The first-order valence-corrected chi connectivity index (χ1v) is 2.25. The third-order valence-corrected chi connectivity index (χ3v) is 0.925. The predicted octanol–water partition coefficient (Wildman–Crippen LogP) is 1.18. The average Bonchev–Trinajstić information content (AvgIpc) is 1.65. The number of carbonyl (C=O) groups excluding carboxylic acids is 1. The Balaban J connectivity index is 3.34. The maximum atomic E-state index is 11.4. The van der Waals surface area contributed by atoms with Crippen molar-refractivity contribution in [3.63, 3.8) is 0 Å². The molecule has 0 N–H and O–H groups in total. The molecule has 0 rings (SSSR count). The highest BCUT2D eigenvalue weighted by Crippen LogP contribution is 1.94. The average molecular weight is 104 g/mol. The molecule has 0 spiro atoms. The van der Waals surface area contributed by atoms with Crippen LogP contribution in [0.3, 0.4) is 0 Å². The van der Waals surface area contributed by atoms with E-state index in [-0.39, 0.29) is 5.78 Å². The third kappa shape index (κ3) is 2.31. The van der Waals surface area contributed by atoms with E-state index in [1.54, 1.807) is 6.92 Å². The Morgan fingerprint density at radius 2 is 2.29 bits per heavy atom.